The highest BCUT2D eigenvalue weighted by Crippen LogP contribution is 2.55. The van der Waals surface area contributed by atoms with Gasteiger partial charge in [-0.3, -0.25) is 0 Å². The van der Waals surface area contributed by atoms with Crippen molar-refractivity contribution < 1.29 is 0 Å². The number of nitrogens with zero attached hydrogens (tertiary/aromatic N) is 2. The molecule has 50 heavy (non-hydrogen) atoms. The van der Waals surface area contributed by atoms with Gasteiger partial charge in [-0.2, -0.15) is 0 Å². The maximum Gasteiger partial charge on any atom is 0.0582 e. The van der Waals surface area contributed by atoms with Crippen LogP contribution in [-0.4, -0.2) is 37.5 Å². The first kappa shape index (κ1) is 32.3. The Morgan fingerprint density at radius 3 is 1.04 bits per heavy atom. The molecule has 0 aliphatic rings. The molecular weight excluding hydrogens is 645 g/mol. The van der Waals surface area contributed by atoms with E-state index in [1.807, 2.05) is 0 Å². The largest absolute Gasteiger partial charge is 0.309 e. The first-order chi connectivity index (χ1) is 24.1. The molecule has 0 saturated carbocycles. The average Bonchev–Trinajstić information content (AvgIpc) is 3.12. The van der Waals surface area contributed by atoms with E-state index in [1.165, 1.54) is 64.9 Å². The van der Waals surface area contributed by atoms with E-state index >= 15 is 0 Å². The summed E-state index contributed by atoms with van der Waals surface area (Å²) in [5.74, 6) is 0. The van der Waals surface area contributed by atoms with Crippen molar-refractivity contribution in [3.05, 3.63) is 158 Å². The fourth-order valence-electron chi connectivity index (χ4n) is 7.45. The Hall–Kier alpha value is -4.90. The van der Waals surface area contributed by atoms with Crippen LogP contribution in [0.4, 0.5) is 34.1 Å². The summed E-state index contributed by atoms with van der Waals surface area (Å²) in [5.41, 5.74) is 7.20. The quantitative estimate of drug-likeness (QED) is 0.147. The maximum atomic E-state index is 2.49. The molecule has 0 fully saturated rings. The lowest BCUT2D eigenvalue weighted by Gasteiger charge is -2.35. The Kier molecular flexibility index (Phi) is 8.05. The van der Waals surface area contributed by atoms with Crippen LogP contribution in [0.25, 0.3) is 32.3 Å². The van der Waals surface area contributed by atoms with Crippen molar-refractivity contribution in [2.75, 3.05) is 47.3 Å². The van der Waals surface area contributed by atoms with E-state index in [2.05, 4.69) is 205 Å². The molecule has 0 radical (unpaired) electrons. The SMILES string of the molecule is CS(C)(C)c1ccccc1N(c1ccccc1)c1ccc2ccc3c(N(c4ccccc4)c4ccccc4S(C)(C)C)ccc4ccc1c2c43. The zero-order chi connectivity index (χ0) is 34.6. The predicted molar refractivity (Wildman–Crippen MR) is 227 cm³/mol. The van der Waals surface area contributed by atoms with Gasteiger partial charge in [0.25, 0.3) is 0 Å². The van der Waals surface area contributed by atoms with Gasteiger partial charge in [-0.15, -0.1) is 0 Å². The highest BCUT2D eigenvalue weighted by molar-refractivity contribution is 8.32. The number of rotatable bonds is 8. The molecule has 2 nitrogen and oxygen atoms in total. The molecular formula is C46H44N2S2. The van der Waals surface area contributed by atoms with Crippen LogP contribution in [-0.2, 0) is 0 Å². The summed E-state index contributed by atoms with van der Waals surface area (Å²) >= 11 is 0. The minimum atomic E-state index is -1.02. The van der Waals surface area contributed by atoms with Gasteiger partial charge in [-0.05, 0) is 120 Å². The molecule has 0 aliphatic heterocycles. The fourth-order valence-corrected chi connectivity index (χ4v) is 10.00. The van der Waals surface area contributed by atoms with Crippen LogP contribution in [0, 0.1) is 0 Å². The summed E-state index contributed by atoms with van der Waals surface area (Å²) in [6, 6.07) is 58.3. The van der Waals surface area contributed by atoms with Gasteiger partial charge < -0.3 is 9.80 Å². The summed E-state index contributed by atoms with van der Waals surface area (Å²) < 4.78 is 0. The fraction of sp³-hybridized carbons (Fsp3) is 0.130. The lowest BCUT2D eigenvalue weighted by atomic mass is 9.91. The maximum absolute atomic E-state index is 2.49. The van der Waals surface area contributed by atoms with Gasteiger partial charge >= 0.3 is 0 Å². The number of para-hydroxylation sites is 4. The second-order valence-corrected chi connectivity index (χ2v) is 22.8. The first-order valence-electron chi connectivity index (χ1n) is 17.1. The van der Waals surface area contributed by atoms with E-state index in [-0.39, 0.29) is 0 Å². The molecule has 8 aromatic carbocycles. The van der Waals surface area contributed by atoms with Gasteiger partial charge in [0.05, 0.1) is 22.7 Å². The molecule has 0 unspecified atom stereocenters. The van der Waals surface area contributed by atoms with Gasteiger partial charge in [0, 0.05) is 31.9 Å². The molecule has 0 amide bonds. The van der Waals surface area contributed by atoms with Crippen molar-refractivity contribution in [3.8, 4) is 0 Å². The Morgan fingerprint density at radius 1 is 0.320 bits per heavy atom. The standard InChI is InChI=1S/C46H44N2S2/c1-49(2,3)43-23-15-13-21-41(43)47(35-17-9-7-10-18-35)39-31-27-33-26-30-38-40(32-28-34-25-29-37(39)45(33)46(34)38)48(36-19-11-8-12-20-36)42-22-14-16-24-44(42)50(4,5)6/h7-32H,1-6H3. The zero-order valence-electron chi connectivity index (χ0n) is 29.7. The third kappa shape index (κ3) is 5.57. The van der Waals surface area contributed by atoms with Crippen LogP contribution >= 0.6 is 20.1 Å². The van der Waals surface area contributed by atoms with Crippen molar-refractivity contribution in [2.45, 2.75) is 9.79 Å². The molecule has 8 aromatic rings. The summed E-state index contributed by atoms with van der Waals surface area (Å²) in [6.45, 7) is 0. The smallest absolute Gasteiger partial charge is 0.0582 e. The number of benzene rings is 8. The average molecular weight is 689 g/mol. The zero-order valence-corrected chi connectivity index (χ0v) is 31.4. The van der Waals surface area contributed by atoms with Crippen molar-refractivity contribution in [3.63, 3.8) is 0 Å². The molecule has 0 bridgehead atoms. The van der Waals surface area contributed by atoms with Gasteiger partial charge in [-0.25, -0.2) is 20.1 Å². The van der Waals surface area contributed by atoms with Crippen molar-refractivity contribution in [1.82, 2.24) is 0 Å². The second kappa shape index (κ2) is 12.5. The lowest BCUT2D eigenvalue weighted by Crippen LogP contribution is -2.14. The normalized spacial score (nSPS) is 12.8. The van der Waals surface area contributed by atoms with Crippen LogP contribution in [0.3, 0.4) is 0 Å². The number of anilines is 6. The Bertz CT molecular complexity index is 2280. The summed E-state index contributed by atoms with van der Waals surface area (Å²) in [6.07, 6.45) is 14.3. The van der Waals surface area contributed by atoms with Crippen LogP contribution < -0.4 is 9.80 Å². The van der Waals surface area contributed by atoms with Crippen LogP contribution in [0.2, 0.25) is 0 Å². The van der Waals surface area contributed by atoms with Crippen molar-refractivity contribution >= 4 is 86.5 Å². The minimum Gasteiger partial charge on any atom is -0.309 e. The van der Waals surface area contributed by atoms with E-state index in [1.54, 1.807) is 0 Å². The molecule has 0 N–H and O–H groups in total. The Labute approximate surface area is 300 Å². The summed E-state index contributed by atoms with van der Waals surface area (Å²) in [4.78, 5) is 7.77. The predicted octanol–water partition coefficient (Wildman–Crippen LogP) is 13.6. The molecule has 0 heterocycles. The summed E-state index contributed by atoms with van der Waals surface area (Å²) in [7, 11) is -2.05. The van der Waals surface area contributed by atoms with Gasteiger partial charge in [-0.1, -0.05) is 97.1 Å². The van der Waals surface area contributed by atoms with Crippen LogP contribution in [0.5, 0.6) is 0 Å². The summed E-state index contributed by atoms with van der Waals surface area (Å²) in [5, 5.41) is 7.64. The van der Waals surface area contributed by atoms with Gasteiger partial charge in [0.1, 0.15) is 0 Å². The Morgan fingerprint density at radius 2 is 0.660 bits per heavy atom. The lowest BCUT2D eigenvalue weighted by molar-refractivity contribution is 1.23. The topological polar surface area (TPSA) is 6.48 Å². The second-order valence-electron chi connectivity index (χ2n) is 14.5. The van der Waals surface area contributed by atoms with E-state index < -0.39 is 20.1 Å². The van der Waals surface area contributed by atoms with E-state index in [4.69, 9.17) is 0 Å². The third-order valence-corrected chi connectivity index (χ3v) is 13.0. The molecule has 8 rings (SSSR count). The Balaban J connectivity index is 1.43. The molecule has 0 spiro atoms. The van der Waals surface area contributed by atoms with E-state index in [9.17, 15) is 0 Å². The van der Waals surface area contributed by atoms with Crippen molar-refractivity contribution in [1.29, 1.82) is 0 Å². The molecule has 250 valence electrons. The van der Waals surface area contributed by atoms with Crippen LogP contribution in [0.1, 0.15) is 0 Å². The van der Waals surface area contributed by atoms with E-state index in [0.717, 1.165) is 11.4 Å². The van der Waals surface area contributed by atoms with Crippen molar-refractivity contribution in [2.24, 2.45) is 0 Å². The van der Waals surface area contributed by atoms with E-state index in [0.29, 0.717) is 0 Å². The highest BCUT2D eigenvalue weighted by atomic mass is 32.3. The first-order valence-corrected chi connectivity index (χ1v) is 22.8. The molecule has 0 aromatic heterocycles. The van der Waals surface area contributed by atoms with Gasteiger partial charge in [0.15, 0.2) is 0 Å². The molecule has 0 atom stereocenters. The monoisotopic (exact) mass is 688 g/mol. The van der Waals surface area contributed by atoms with Gasteiger partial charge in [0.2, 0.25) is 0 Å². The third-order valence-electron chi connectivity index (χ3n) is 9.66. The molecule has 0 saturated heterocycles. The van der Waals surface area contributed by atoms with Crippen LogP contribution in [0.15, 0.2) is 168 Å². The number of hydrogen-bond donors (Lipinski definition) is 0. The molecule has 4 heteroatoms. The number of hydrogen-bond acceptors (Lipinski definition) is 2. The minimum absolute atomic E-state index is 1.02. The highest BCUT2D eigenvalue weighted by Gasteiger charge is 2.26. The molecule has 0 aliphatic carbocycles.